The van der Waals surface area contributed by atoms with Gasteiger partial charge in [-0.1, -0.05) is 40.1 Å². The van der Waals surface area contributed by atoms with Crippen LogP contribution in [0.1, 0.15) is 0 Å². The van der Waals surface area contributed by atoms with Crippen molar-refractivity contribution in [3.63, 3.8) is 0 Å². The summed E-state index contributed by atoms with van der Waals surface area (Å²) in [6.45, 7) is 0. The highest BCUT2D eigenvalue weighted by atomic mass is 35.5. The summed E-state index contributed by atoms with van der Waals surface area (Å²) in [5, 5.41) is 4.84. The minimum atomic E-state index is -3.82. The van der Waals surface area contributed by atoms with Gasteiger partial charge in [-0.05, 0) is 42.7 Å². The van der Waals surface area contributed by atoms with E-state index in [4.69, 9.17) is 27.7 Å². The van der Waals surface area contributed by atoms with Crippen molar-refractivity contribution in [2.75, 3.05) is 6.26 Å². The molecule has 0 bridgehead atoms. The van der Waals surface area contributed by atoms with E-state index in [0.717, 1.165) is 0 Å². The van der Waals surface area contributed by atoms with Crippen LogP contribution in [0.25, 0.3) is 22.8 Å². The second-order valence-electron chi connectivity index (χ2n) is 5.35. The molecule has 0 radical (unpaired) electrons. The van der Waals surface area contributed by atoms with E-state index in [2.05, 4.69) is 14.5 Å². The molecule has 11 heteroatoms. The van der Waals surface area contributed by atoms with Gasteiger partial charge in [0.05, 0.1) is 10.6 Å². The predicted octanol–water partition coefficient (Wildman–Crippen LogP) is 5.22. The number of rotatable bonds is 2. The van der Waals surface area contributed by atoms with Gasteiger partial charge in [-0.3, -0.25) is 0 Å². The van der Waals surface area contributed by atoms with Crippen molar-refractivity contribution in [2.24, 2.45) is 4.40 Å². The van der Waals surface area contributed by atoms with E-state index in [-0.39, 0.29) is 10.8 Å². The SMILES string of the molecule is CSC1=NS(=O)(=O)c2cc(-c3nc(-c4ccc(Cl)cc4)no3)c(Cl)cc2S1. The van der Waals surface area contributed by atoms with Crippen LogP contribution in [0.4, 0.5) is 0 Å². The molecule has 0 amide bonds. The number of fused-ring (bicyclic) bond motifs is 1. The van der Waals surface area contributed by atoms with Gasteiger partial charge in [0, 0.05) is 15.5 Å². The number of halogens is 2. The van der Waals surface area contributed by atoms with Crippen molar-refractivity contribution in [1.82, 2.24) is 10.1 Å². The van der Waals surface area contributed by atoms with Gasteiger partial charge in [-0.2, -0.15) is 13.4 Å². The second kappa shape index (κ2) is 7.14. The molecule has 6 nitrogen and oxygen atoms in total. The zero-order valence-electron chi connectivity index (χ0n) is 13.5. The van der Waals surface area contributed by atoms with E-state index in [1.807, 2.05) is 0 Å². The van der Waals surface area contributed by atoms with Crippen LogP contribution >= 0.6 is 46.7 Å². The molecular weight excluding hydrogens is 449 g/mol. The molecule has 2 aromatic carbocycles. The summed E-state index contributed by atoms with van der Waals surface area (Å²) >= 11 is 14.8. The zero-order chi connectivity index (χ0) is 19.2. The molecule has 0 unspecified atom stereocenters. The number of benzene rings is 2. The van der Waals surface area contributed by atoms with Gasteiger partial charge in [0.25, 0.3) is 15.9 Å². The Morgan fingerprint density at radius 1 is 1.15 bits per heavy atom. The van der Waals surface area contributed by atoms with Crippen molar-refractivity contribution < 1.29 is 12.9 Å². The molecule has 1 aliphatic heterocycles. The number of sulfonamides is 1. The lowest BCUT2D eigenvalue weighted by Gasteiger charge is -2.15. The van der Waals surface area contributed by atoms with Crippen molar-refractivity contribution in [1.29, 1.82) is 0 Å². The molecule has 2 heterocycles. The van der Waals surface area contributed by atoms with Gasteiger partial charge in [0.2, 0.25) is 5.82 Å². The van der Waals surface area contributed by atoms with E-state index in [0.29, 0.717) is 36.3 Å². The second-order valence-corrected chi connectivity index (χ2v) is 9.85. The largest absolute Gasteiger partial charge is 0.334 e. The minimum Gasteiger partial charge on any atom is -0.334 e. The maximum absolute atomic E-state index is 12.5. The third kappa shape index (κ3) is 3.62. The first-order valence-corrected chi connectivity index (χ1v) is 11.6. The average molecular weight is 458 g/mol. The third-order valence-corrected chi connectivity index (χ3v) is 7.89. The number of hydrogen-bond donors (Lipinski definition) is 0. The quantitative estimate of drug-likeness (QED) is 0.520. The molecule has 3 aromatic rings. The molecule has 0 fully saturated rings. The van der Waals surface area contributed by atoms with Gasteiger partial charge in [0.1, 0.15) is 9.27 Å². The lowest BCUT2D eigenvalue weighted by atomic mass is 10.2. The fourth-order valence-corrected chi connectivity index (χ4v) is 6.28. The summed E-state index contributed by atoms with van der Waals surface area (Å²) in [4.78, 5) is 4.90. The van der Waals surface area contributed by atoms with Crippen LogP contribution in [-0.4, -0.2) is 29.2 Å². The molecule has 0 atom stereocenters. The molecule has 0 N–H and O–H groups in total. The fourth-order valence-electron chi connectivity index (χ4n) is 2.37. The van der Waals surface area contributed by atoms with Crippen molar-refractivity contribution in [3.8, 4) is 22.8 Å². The highest BCUT2D eigenvalue weighted by molar-refractivity contribution is 8.39. The van der Waals surface area contributed by atoms with Crippen molar-refractivity contribution >= 4 is 61.1 Å². The van der Waals surface area contributed by atoms with Crippen LogP contribution in [0.3, 0.4) is 0 Å². The summed E-state index contributed by atoms with van der Waals surface area (Å²) in [5.41, 5.74) is 1.04. The first-order chi connectivity index (χ1) is 12.9. The molecule has 0 aliphatic carbocycles. The van der Waals surface area contributed by atoms with Crippen LogP contribution < -0.4 is 0 Å². The molecular formula is C16H9Cl2N3O3S3. The van der Waals surface area contributed by atoms with Crippen LogP contribution in [0, 0.1) is 0 Å². The average Bonchev–Trinajstić information content (AvgIpc) is 3.10. The first-order valence-electron chi connectivity index (χ1n) is 7.38. The van der Waals surface area contributed by atoms with E-state index in [9.17, 15) is 8.42 Å². The summed E-state index contributed by atoms with van der Waals surface area (Å²) in [6, 6.07) is 9.93. The zero-order valence-corrected chi connectivity index (χ0v) is 17.5. The Kier molecular flexibility index (Phi) is 4.98. The smallest absolute Gasteiger partial charge is 0.285 e. The minimum absolute atomic E-state index is 0.0657. The van der Waals surface area contributed by atoms with Gasteiger partial charge < -0.3 is 4.52 Å². The third-order valence-electron chi connectivity index (χ3n) is 3.64. The maximum atomic E-state index is 12.5. The lowest BCUT2D eigenvalue weighted by Crippen LogP contribution is -2.07. The molecule has 4 rings (SSSR count). The Hall–Kier alpha value is -1.52. The van der Waals surface area contributed by atoms with Crippen LogP contribution in [0.15, 0.2) is 55.1 Å². The molecule has 0 spiro atoms. The highest BCUT2D eigenvalue weighted by Gasteiger charge is 2.28. The standard InChI is InChI=1S/C16H9Cl2N3O3S3/c1-25-16-21-27(22,23)13-6-10(11(18)7-12(13)26-16)15-19-14(20-24-15)8-2-4-9(17)5-3-8/h2-7H,1H3. The normalized spacial score (nSPS) is 15.3. The lowest BCUT2D eigenvalue weighted by molar-refractivity contribution is 0.432. The summed E-state index contributed by atoms with van der Waals surface area (Å²) in [7, 11) is -3.82. The van der Waals surface area contributed by atoms with Gasteiger partial charge in [-0.25, -0.2) is 0 Å². The van der Waals surface area contributed by atoms with E-state index in [1.54, 1.807) is 36.6 Å². The number of nitrogens with zero attached hydrogens (tertiary/aromatic N) is 3. The van der Waals surface area contributed by atoms with Crippen molar-refractivity contribution in [3.05, 3.63) is 46.4 Å². The number of hydrogen-bond acceptors (Lipinski definition) is 7. The molecule has 1 aromatic heterocycles. The van der Waals surface area contributed by atoms with Gasteiger partial charge in [-0.15, -0.1) is 16.2 Å². The monoisotopic (exact) mass is 457 g/mol. The Morgan fingerprint density at radius 2 is 1.89 bits per heavy atom. The van der Waals surface area contributed by atoms with Crippen LogP contribution in [-0.2, 0) is 10.0 Å². The van der Waals surface area contributed by atoms with E-state index < -0.39 is 10.0 Å². The van der Waals surface area contributed by atoms with E-state index in [1.165, 1.54) is 29.6 Å². The molecule has 27 heavy (non-hydrogen) atoms. The van der Waals surface area contributed by atoms with Gasteiger partial charge in [0.15, 0.2) is 0 Å². The fraction of sp³-hybridized carbons (Fsp3) is 0.0625. The molecule has 138 valence electrons. The highest BCUT2D eigenvalue weighted by Crippen LogP contribution is 2.42. The number of aromatic nitrogens is 2. The predicted molar refractivity (Wildman–Crippen MR) is 109 cm³/mol. The molecule has 1 aliphatic rings. The summed E-state index contributed by atoms with van der Waals surface area (Å²) in [6.07, 6.45) is 1.76. The number of thioether (sulfide) groups is 2. The molecule has 0 saturated heterocycles. The topological polar surface area (TPSA) is 85.4 Å². The Morgan fingerprint density at radius 3 is 2.59 bits per heavy atom. The Balaban J connectivity index is 1.78. The van der Waals surface area contributed by atoms with Crippen LogP contribution in [0.5, 0.6) is 0 Å². The Bertz CT molecular complexity index is 1180. The Labute approximate surface area is 173 Å². The van der Waals surface area contributed by atoms with Crippen LogP contribution in [0.2, 0.25) is 10.0 Å². The summed E-state index contributed by atoms with van der Waals surface area (Å²) < 4.78 is 34.4. The van der Waals surface area contributed by atoms with E-state index >= 15 is 0 Å². The first kappa shape index (κ1) is 18.8. The summed E-state index contributed by atoms with van der Waals surface area (Å²) in [5.74, 6) is 0.461. The van der Waals surface area contributed by atoms with Gasteiger partial charge >= 0.3 is 0 Å². The molecule has 0 saturated carbocycles. The maximum Gasteiger partial charge on any atom is 0.285 e. The van der Waals surface area contributed by atoms with Crippen molar-refractivity contribution in [2.45, 2.75) is 9.79 Å².